The second kappa shape index (κ2) is 13.1. The van der Waals surface area contributed by atoms with Crippen LogP contribution in [0.3, 0.4) is 0 Å². The van der Waals surface area contributed by atoms with Crippen LogP contribution >= 0.6 is 0 Å². The van der Waals surface area contributed by atoms with Crippen LogP contribution in [0.4, 0.5) is 9.59 Å². The molecule has 1 aliphatic carbocycles. The fourth-order valence-electron chi connectivity index (χ4n) is 4.08. The Bertz CT molecular complexity index is 793. The zero-order valence-corrected chi connectivity index (χ0v) is 22.5. The summed E-state index contributed by atoms with van der Waals surface area (Å²) in [6.45, 7) is 12.9. The van der Waals surface area contributed by atoms with Gasteiger partial charge in [-0.25, -0.2) is 9.59 Å². The quantitative estimate of drug-likeness (QED) is 0.497. The summed E-state index contributed by atoms with van der Waals surface area (Å²) in [6, 6.07) is 0.183. The van der Waals surface area contributed by atoms with E-state index in [1.807, 2.05) is 46.4 Å². The summed E-state index contributed by atoms with van der Waals surface area (Å²) >= 11 is 0. The fraction of sp³-hybridized carbons (Fsp3) is 0.840. The van der Waals surface area contributed by atoms with Gasteiger partial charge in [0.15, 0.2) is 0 Å². The molecule has 1 fully saturated rings. The van der Waals surface area contributed by atoms with E-state index in [9.17, 15) is 9.59 Å². The second-order valence-electron chi connectivity index (χ2n) is 11.2. The van der Waals surface area contributed by atoms with Gasteiger partial charge in [-0.2, -0.15) is 0 Å². The van der Waals surface area contributed by atoms with Crippen molar-refractivity contribution in [1.82, 2.24) is 20.0 Å². The maximum Gasteiger partial charge on any atom is 0.410 e. The molecule has 1 heterocycles. The minimum Gasteiger partial charge on any atom is -0.444 e. The number of nitrogens with zero attached hydrogens (tertiary/aromatic N) is 4. The molecular formula is C25H45N5O5. The van der Waals surface area contributed by atoms with Crippen LogP contribution in [0.1, 0.15) is 98.3 Å². The number of aryl methyl sites for hydroxylation is 1. The summed E-state index contributed by atoms with van der Waals surface area (Å²) in [5.41, 5.74) is 4.38. The third kappa shape index (κ3) is 10.8. The van der Waals surface area contributed by atoms with E-state index in [-0.39, 0.29) is 24.8 Å². The molecule has 0 unspecified atom stereocenters. The summed E-state index contributed by atoms with van der Waals surface area (Å²) in [6.07, 6.45) is 6.60. The number of aromatic nitrogens is 2. The van der Waals surface area contributed by atoms with Gasteiger partial charge in [0.2, 0.25) is 11.8 Å². The molecule has 0 radical (unpaired) electrons. The molecule has 10 nitrogen and oxygen atoms in total. The smallest absolute Gasteiger partial charge is 0.410 e. The van der Waals surface area contributed by atoms with Crippen molar-refractivity contribution < 1.29 is 23.5 Å². The molecule has 0 atom stereocenters. The Morgan fingerprint density at radius 3 is 2.03 bits per heavy atom. The van der Waals surface area contributed by atoms with Gasteiger partial charge in [-0.05, 0) is 67.2 Å². The molecule has 0 aromatic carbocycles. The summed E-state index contributed by atoms with van der Waals surface area (Å²) in [5.74, 6) is 0.900. The zero-order valence-electron chi connectivity index (χ0n) is 22.5. The van der Waals surface area contributed by atoms with Gasteiger partial charge in [-0.1, -0.05) is 19.3 Å². The highest BCUT2D eigenvalue weighted by molar-refractivity contribution is 5.69. The molecule has 0 aliphatic heterocycles. The Morgan fingerprint density at radius 1 is 0.886 bits per heavy atom. The first-order valence-corrected chi connectivity index (χ1v) is 12.9. The van der Waals surface area contributed by atoms with E-state index in [1.54, 1.807) is 4.90 Å². The van der Waals surface area contributed by atoms with Gasteiger partial charge in [0.25, 0.3) is 0 Å². The zero-order chi connectivity index (χ0) is 26.1. The van der Waals surface area contributed by atoms with Crippen LogP contribution in [0.15, 0.2) is 4.42 Å². The third-order valence-corrected chi connectivity index (χ3v) is 5.62. The number of hydrogen-bond donors (Lipinski definition) is 1. The molecule has 35 heavy (non-hydrogen) atoms. The van der Waals surface area contributed by atoms with Crippen molar-refractivity contribution in [1.29, 1.82) is 0 Å². The number of ether oxygens (including phenoxy) is 2. The standard InChI is InChI=1S/C25H45N5O5/c1-24(2,3)34-22(31)29(15-10-14-20-27-28-21(18-26)33-20)16-11-17-30(19-12-8-7-9-13-19)23(32)35-25(4,5)6/h19H,7-18,26H2,1-6H3. The number of amides is 2. The van der Waals surface area contributed by atoms with Crippen molar-refractivity contribution in [2.75, 3.05) is 19.6 Å². The molecule has 0 saturated heterocycles. The van der Waals surface area contributed by atoms with Crippen molar-refractivity contribution in [3.8, 4) is 0 Å². The Morgan fingerprint density at radius 2 is 1.46 bits per heavy atom. The normalized spacial score (nSPS) is 15.1. The van der Waals surface area contributed by atoms with Gasteiger partial charge in [-0.3, -0.25) is 0 Å². The first-order valence-electron chi connectivity index (χ1n) is 12.9. The van der Waals surface area contributed by atoms with Crippen molar-refractivity contribution in [2.24, 2.45) is 5.73 Å². The maximum atomic E-state index is 13.0. The number of carbonyl (C=O) groups excluding carboxylic acids is 2. The van der Waals surface area contributed by atoms with Crippen LogP contribution in [-0.4, -0.2) is 69.1 Å². The lowest BCUT2D eigenvalue weighted by molar-refractivity contribution is 0.00997. The van der Waals surface area contributed by atoms with Crippen LogP contribution in [0.25, 0.3) is 0 Å². The van der Waals surface area contributed by atoms with E-state index in [2.05, 4.69) is 10.2 Å². The molecule has 0 bridgehead atoms. The second-order valence-corrected chi connectivity index (χ2v) is 11.2. The van der Waals surface area contributed by atoms with E-state index in [1.165, 1.54) is 6.42 Å². The van der Waals surface area contributed by atoms with Crippen molar-refractivity contribution in [3.05, 3.63) is 11.8 Å². The maximum absolute atomic E-state index is 13.0. The van der Waals surface area contributed by atoms with Crippen molar-refractivity contribution in [2.45, 2.75) is 117 Å². The molecule has 2 N–H and O–H groups in total. The molecule has 1 aliphatic rings. The highest BCUT2D eigenvalue weighted by Crippen LogP contribution is 2.25. The summed E-state index contributed by atoms with van der Waals surface area (Å²) in [4.78, 5) is 29.4. The minimum atomic E-state index is -0.595. The Balaban J connectivity index is 1.99. The number of rotatable bonds is 10. The minimum absolute atomic E-state index is 0.183. The largest absolute Gasteiger partial charge is 0.444 e. The molecule has 1 saturated carbocycles. The van der Waals surface area contributed by atoms with Gasteiger partial charge in [-0.15, -0.1) is 10.2 Å². The first-order chi connectivity index (χ1) is 16.4. The van der Waals surface area contributed by atoms with Crippen LogP contribution < -0.4 is 5.73 Å². The summed E-state index contributed by atoms with van der Waals surface area (Å²) in [5, 5.41) is 7.86. The van der Waals surface area contributed by atoms with Gasteiger partial charge < -0.3 is 29.4 Å². The lowest BCUT2D eigenvalue weighted by atomic mass is 9.94. The van der Waals surface area contributed by atoms with E-state index in [0.29, 0.717) is 50.7 Å². The molecule has 1 aromatic heterocycles. The van der Waals surface area contributed by atoms with Crippen LogP contribution in [0.5, 0.6) is 0 Å². The SMILES string of the molecule is CC(C)(C)OC(=O)N(CCCc1nnc(CN)o1)CCCN(C(=O)OC(C)(C)C)C1CCCCC1. The number of nitrogens with two attached hydrogens (primary N) is 1. The van der Waals surface area contributed by atoms with Gasteiger partial charge >= 0.3 is 12.2 Å². The summed E-state index contributed by atoms with van der Waals surface area (Å²) < 4.78 is 16.8. The highest BCUT2D eigenvalue weighted by Gasteiger charge is 2.30. The molecule has 2 amide bonds. The van der Waals surface area contributed by atoms with E-state index in [0.717, 1.165) is 25.7 Å². The van der Waals surface area contributed by atoms with Gasteiger partial charge in [0.05, 0.1) is 6.54 Å². The predicted molar refractivity (Wildman–Crippen MR) is 133 cm³/mol. The average molecular weight is 496 g/mol. The monoisotopic (exact) mass is 495 g/mol. The van der Waals surface area contributed by atoms with Crippen molar-refractivity contribution in [3.63, 3.8) is 0 Å². The first kappa shape index (κ1) is 28.9. The van der Waals surface area contributed by atoms with E-state index in [4.69, 9.17) is 19.6 Å². The van der Waals surface area contributed by atoms with E-state index < -0.39 is 11.2 Å². The molecule has 2 rings (SSSR count). The lowest BCUT2D eigenvalue weighted by Gasteiger charge is -2.36. The summed E-state index contributed by atoms with van der Waals surface area (Å²) in [7, 11) is 0. The number of hydrogen-bond acceptors (Lipinski definition) is 8. The Labute approximate surface area is 209 Å². The fourth-order valence-corrected chi connectivity index (χ4v) is 4.08. The van der Waals surface area contributed by atoms with Gasteiger partial charge in [0.1, 0.15) is 11.2 Å². The van der Waals surface area contributed by atoms with Crippen LogP contribution in [0, 0.1) is 0 Å². The van der Waals surface area contributed by atoms with E-state index >= 15 is 0 Å². The molecule has 1 aromatic rings. The molecule has 10 heteroatoms. The Hall–Kier alpha value is -2.36. The Kier molecular flexibility index (Phi) is 10.8. The molecular weight excluding hydrogens is 450 g/mol. The van der Waals surface area contributed by atoms with Gasteiger partial charge in [0, 0.05) is 32.1 Å². The molecule has 200 valence electrons. The van der Waals surface area contributed by atoms with Crippen molar-refractivity contribution >= 4 is 12.2 Å². The van der Waals surface area contributed by atoms with Crippen LogP contribution in [0.2, 0.25) is 0 Å². The predicted octanol–water partition coefficient (Wildman–Crippen LogP) is 4.66. The third-order valence-electron chi connectivity index (χ3n) is 5.62. The number of carbonyl (C=O) groups is 2. The topological polar surface area (TPSA) is 124 Å². The van der Waals surface area contributed by atoms with Crippen LogP contribution in [-0.2, 0) is 22.4 Å². The average Bonchev–Trinajstić information content (AvgIpc) is 3.21. The molecule has 0 spiro atoms. The highest BCUT2D eigenvalue weighted by atomic mass is 16.6. The lowest BCUT2D eigenvalue weighted by Crippen LogP contribution is -2.46.